The number of hydrogen-bond donors (Lipinski definition) is 2. The van der Waals surface area contributed by atoms with Gasteiger partial charge in [-0.25, -0.2) is 0 Å². The van der Waals surface area contributed by atoms with E-state index in [-0.39, 0.29) is 12.0 Å². The first-order valence-electron chi connectivity index (χ1n) is 5.62. The number of rotatable bonds is 0. The molecule has 3 rings (SSSR count). The van der Waals surface area contributed by atoms with Gasteiger partial charge in [-0.3, -0.25) is 0 Å². The predicted octanol–water partition coefficient (Wildman–Crippen LogP) is 1.31. The zero-order chi connectivity index (χ0) is 9.05. The summed E-state index contributed by atoms with van der Waals surface area (Å²) >= 11 is 0. The summed E-state index contributed by atoms with van der Waals surface area (Å²) in [7, 11) is 0. The molecule has 3 aliphatic carbocycles. The van der Waals surface area contributed by atoms with Crippen LogP contribution in [0.4, 0.5) is 0 Å². The minimum Gasteiger partial charge on any atom is -0.393 e. The Balaban J connectivity index is 2.00. The summed E-state index contributed by atoms with van der Waals surface area (Å²) in [4.78, 5) is 0. The van der Waals surface area contributed by atoms with Crippen LogP contribution >= 0.6 is 0 Å². The molecule has 0 unspecified atom stereocenters. The Morgan fingerprint density at radius 3 is 2.69 bits per heavy atom. The zero-order valence-electron chi connectivity index (χ0n) is 7.95. The molecule has 0 aromatic heterocycles. The van der Waals surface area contributed by atoms with Gasteiger partial charge in [-0.1, -0.05) is 6.42 Å². The van der Waals surface area contributed by atoms with Crippen LogP contribution in [0.15, 0.2) is 0 Å². The highest BCUT2D eigenvalue weighted by Gasteiger charge is 2.59. The topological polar surface area (TPSA) is 40.5 Å². The van der Waals surface area contributed by atoms with Crippen LogP contribution in [-0.4, -0.2) is 21.9 Å². The molecule has 0 aromatic carbocycles. The maximum absolute atomic E-state index is 10.5. The first-order valence-corrected chi connectivity index (χ1v) is 5.62. The molecule has 0 heterocycles. The second kappa shape index (κ2) is 2.48. The standard InChI is InChI=1S/C11H18O2/c12-10-6-7-2-1-5-11(13)8(7)3-4-9(10)11/h7-10,12-13H,1-6H2/t7-,8+,9-,10-,11+/m0/s1. The lowest BCUT2D eigenvalue weighted by Gasteiger charge is -2.49. The summed E-state index contributed by atoms with van der Waals surface area (Å²) in [5, 5.41) is 20.4. The summed E-state index contributed by atoms with van der Waals surface area (Å²) in [6.07, 6.45) is 6.29. The number of aliphatic hydroxyl groups is 2. The van der Waals surface area contributed by atoms with Crippen molar-refractivity contribution in [2.45, 2.75) is 50.2 Å². The molecular weight excluding hydrogens is 164 g/mol. The van der Waals surface area contributed by atoms with Crippen molar-refractivity contribution in [3.05, 3.63) is 0 Å². The highest BCUT2D eigenvalue weighted by molar-refractivity contribution is 5.09. The Morgan fingerprint density at radius 2 is 1.85 bits per heavy atom. The lowest BCUT2D eigenvalue weighted by Crippen LogP contribution is -2.54. The van der Waals surface area contributed by atoms with Crippen LogP contribution in [-0.2, 0) is 0 Å². The fourth-order valence-corrected chi connectivity index (χ4v) is 4.28. The Kier molecular flexibility index (Phi) is 1.58. The van der Waals surface area contributed by atoms with Crippen LogP contribution in [0.5, 0.6) is 0 Å². The average molecular weight is 182 g/mol. The summed E-state index contributed by atoms with van der Waals surface area (Å²) in [5.41, 5.74) is -0.472. The Bertz CT molecular complexity index is 220. The second-order valence-corrected chi connectivity index (χ2v) is 5.24. The molecule has 0 aliphatic heterocycles. The van der Waals surface area contributed by atoms with Gasteiger partial charge < -0.3 is 10.2 Å². The van der Waals surface area contributed by atoms with Gasteiger partial charge in [-0.15, -0.1) is 0 Å². The summed E-state index contributed by atoms with van der Waals surface area (Å²) in [6, 6.07) is 0. The molecule has 3 aliphatic rings. The molecule has 3 fully saturated rings. The zero-order valence-corrected chi connectivity index (χ0v) is 7.95. The van der Waals surface area contributed by atoms with Crippen LogP contribution in [0, 0.1) is 17.8 Å². The Hall–Kier alpha value is -0.0800. The van der Waals surface area contributed by atoms with Crippen molar-refractivity contribution < 1.29 is 10.2 Å². The van der Waals surface area contributed by atoms with Crippen molar-refractivity contribution in [2.75, 3.05) is 0 Å². The maximum Gasteiger partial charge on any atom is 0.0731 e. The van der Waals surface area contributed by atoms with Gasteiger partial charge in [0.1, 0.15) is 0 Å². The van der Waals surface area contributed by atoms with E-state index in [0.29, 0.717) is 11.8 Å². The van der Waals surface area contributed by atoms with E-state index in [1.807, 2.05) is 0 Å². The van der Waals surface area contributed by atoms with Crippen molar-refractivity contribution in [1.82, 2.24) is 0 Å². The summed E-state index contributed by atoms with van der Waals surface area (Å²) in [6.45, 7) is 0. The van der Waals surface area contributed by atoms with Crippen molar-refractivity contribution in [2.24, 2.45) is 17.8 Å². The van der Waals surface area contributed by atoms with E-state index >= 15 is 0 Å². The third-order valence-corrected chi connectivity index (χ3v) is 4.80. The van der Waals surface area contributed by atoms with Crippen LogP contribution in [0.2, 0.25) is 0 Å². The molecule has 4 bridgehead atoms. The molecule has 0 amide bonds. The summed E-state index contributed by atoms with van der Waals surface area (Å²) in [5.74, 6) is 1.34. The van der Waals surface area contributed by atoms with Gasteiger partial charge in [-0.2, -0.15) is 0 Å². The molecule has 2 heteroatoms. The SMILES string of the molecule is O[C@H]1C[C@@H]2CCC[C@@]3(O)[C@@H]2CC[C@@H]13. The molecule has 3 saturated carbocycles. The van der Waals surface area contributed by atoms with E-state index in [9.17, 15) is 10.2 Å². The van der Waals surface area contributed by atoms with Crippen LogP contribution in [0.3, 0.4) is 0 Å². The fraction of sp³-hybridized carbons (Fsp3) is 1.00. The van der Waals surface area contributed by atoms with E-state index in [1.165, 1.54) is 12.8 Å². The van der Waals surface area contributed by atoms with E-state index in [0.717, 1.165) is 25.7 Å². The average Bonchev–Trinajstić information content (AvgIpc) is 2.31. The molecule has 2 N–H and O–H groups in total. The van der Waals surface area contributed by atoms with Crippen molar-refractivity contribution in [1.29, 1.82) is 0 Å². The number of hydrogen-bond acceptors (Lipinski definition) is 2. The minimum absolute atomic E-state index is 0.203. The quantitative estimate of drug-likeness (QED) is 0.593. The van der Waals surface area contributed by atoms with Crippen molar-refractivity contribution in [3.63, 3.8) is 0 Å². The van der Waals surface area contributed by atoms with Gasteiger partial charge in [-0.05, 0) is 43.9 Å². The molecule has 5 atom stereocenters. The molecular formula is C11H18O2. The minimum atomic E-state index is -0.472. The van der Waals surface area contributed by atoms with Gasteiger partial charge in [0.05, 0.1) is 11.7 Å². The van der Waals surface area contributed by atoms with E-state index in [2.05, 4.69) is 0 Å². The molecule has 2 nitrogen and oxygen atoms in total. The van der Waals surface area contributed by atoms with Gasteiger partial charge in [0.15, 0.2) is 0 Å². The monoisotopic (exact) mass is 182 g/mol. The van der Waals surface area contributed by atoms with Crippen LogP contribution < -0.4 is 0 Å². The predicted molar refractivity (Wildman–Crippen MR) is 49.1 cm³/mol. The molecule has 13 heavy (non-hydrogen) atoms. The van der Waals surface area contributed by atoms with Crippen molar-refractivity contribution >= 4 is 0 Å². The lowest BCUT2D eigenvalue weighted by atomic mass is 9.61. The fourth-order valence-electron chi connectivity index (χ4n) is 4.28. The largest absolute Gasteiger partial charge is 0.393 e. The first-order chi connectivity index (χ1) is 6.22. The second-order valence-electron chi connectivity index (χ2n) is 5.24. The van der Waals surface area contributed by atoms with E-state index in [4.69, 9.17) is 0 Å². The van der Waals surface area contributed by atoms with Gasteiger partial charge in [0.2, 0.25) is 0 Å². The molecule has 0 aromatic rings. The van der Waals surface area contributed by atoms with E-state index in [1.54, 1.807) is 0 Å². The maximum atomic E-state index is 10.5. The smallest absolute Gasteiger partial charge is 0.0731 e. The third kappa shape index (κ3) is 0.909. The third-order valence-electron chi connectivity index (χ3n) is 4.80. The Labute approximate surface area is 79.0 Å². The lowest BCUT2D eigenvalue weighted by molar-refractivity contribution is -0.152. The highest BCUT2D eigenvalue weighted by Crippen LogP contribution is 2.58. The molecule has 0 spiro atoms. The summed E-state index contributed by atoms with van der Waals surface area (Å²) < 4.78 is 0. The number of aliphatic hydroxyl groups excluding tert-OH is 1. The van der Waals surface area contributed by atoms with E-state index < -0.39 is 5.60 Å². The molecule has 0 saturated heterocycles. The van der Waals surface area contributed by atoms with Crippen molar-refractivity contribution in [3.8, 4) is 0 Å². The van der Waals surface area contributed by atoms with Gasteiger partial charge in [0, 0.05) is 5.92 Å². The normalized spacial score (nSPS) is 59.5. The molecule has 0 radical (unpaired) electrons. The highest BCUT2D eigenvalue weighted by atomic mass is 16.3. The van der Waals surface area contributed by atoms with Gasteiger partial charge in [0.25, 0.3) is 0 Å². The Morgan fingerprint density at radius 1 is 1.08 bits per heavy atom. The van der Waals surface area contributed by atoms with Gasteiger partial charge >= 0.3 is 0 Å². The van der Waals surface area contributed by atoms with Crippen LogP contribution in [0.1, 0.15) is 38.5 Å². The molecule has 74 valence electrons. The van der Waals surface area contributed by atoms with Crippen LogP contribution in [0.25, 0.3) is 0 Å². The first kappa shape index (κ1) is 8.25.